The normalized spacial score (nSPS) is 12.1. The Morgan fingerprint density at radius 1 is 1.42 bits per heavy atom. The Morgan fingerprint density at radius 3 is 2.63 bits per heavy atom. The molecule has 0 spiro atoms. The number of imidazole rings is 1. The Hall–Kier alpha value is -2.30. The second-order valence-electron chi connectivity index (χ2n) is 4.60. The number of carbonyl (C=O) groups excluding carboxylic acids is 1. The largest absolute Gasteiger partial charge is 0.375 e. The van der Waals surface area contributed by atoms with Crippen molar-refractivity contribution >= 4 is 11.6 Å². The van der Waals surface area contributed by atoms with Gasteiger partial charge in [-0.25, -0.2) is 4.98 Å². The topological polar surface area (TPSA) is 72.9 Å². The molecular weight excluding hydrogens is 240 g/mol. The molecule has 1 amide bonds. The number of nitrogens with zero attached hydrogens (tertiary/aromatic N) is 2. The van der Waals surface area contributed by atoms with Crippen LogP contribution in [-0.2, 0) is 18.3 Å². The van der Waals surface area contributed by atoms with Gasteiger partial charge in [0.25, 0.3) is 0 Å². The summed E-state index contributed by atoms with van der Waals surface area (Å²) >= 11 is 0. The zero-order chi connectivity index (χ0) is 13.8. The van der Waals surface area contributed by atoms with Crippen LogP contribution in [0.5, 0.6) is 0 Å². The standard InChI is InChI=1S/C14H18N4O/c1-10(14-16-7-8-18(14)2)17-12-5-3-11(4-6-12)9-13(15)19/h3-8,10,17H,9H2,1-2H3,(H2,15,19). The monoisotopic (exact) mass is 258 g/mol. The molecule has 0 bridgehead atoms. The fraction of sp³-hybridized carbons (Fsp3) is 0.286. The molecule has 5 heteroatoms. The summed E-state index contributed by atoms with van der Waals surface area (Å²) in [7, 11) is 1.97. The van der Waals surface area contributed by atoms with Crippen molar-refractivity contribution in [3.63, 3.8) is 0 Å². The van der Waals surface area contributed by atoms with Gasteiger partial charge in [-0.3, -0.25) is 4.79 Å². The summed E-state index contributed by atoms with van der Waals surface area (Å²) in [4.78, 5) is 15.1. The lowest BCUT2D eigenvalue weighted by Gasteiger charge is -2.15. The molecule has 1 atom stereocenters. The zero-order valence-electron chi connectivity index (χ0n) is 11.1. The van der Waals surface area contributed by atoms with Crippen molar-refractivity contribution in [3.05, 3.63) is 48.0 Å². The van der Waals surface area contributed by atoms with E-state index in [1.807, 2.05) is 42.1 Å². The van der Waals surface area contributed by atoms with Crippen LogP contribution in [0.25, 0.3) is 0 Å². The Bertz CT molecular complexity index is 559. The minimum Gasteiger partial charge on any atom is -0.375 e. The smallest absolute Gasteiger partial charge is 0.221 e. The summed E-state index contributed by atoms with van der Waals surface area (Å²) in [6.45, 7) is 2.06. The fourth-order valence-corrected chi connectivity index (χ4v) is 2.03. The van der Waals surface area contributed by atoms with Gasteiger partial charge in [-0.05, 0) is 24.6 Å². The molecule has 0 saturated heterocycles. The van der Waals surface area contributed by atoms with E-state index in [0.717, 1.165) is 17.1 Å². The van der Waals surface area contributed by atoms with E-state index in [9.17, 15) is 4.79 Å². The maximum absolute atomic E-state index is 10.8. The van der Waals surface area contributed by atoms with Crippen molar-refractivity contribution in [2.24, 2.45) is 12.8 Å². The van der Waals surface area contributed by atoms with E-state index in [1.54, 1.807) is 6.20 Å². The average molecular weight is 258 g/mol. The molecule has 100 valence electrons. The van der Waals surface area contributed by atoms with Gasteiger partial charge < -0.3 is 15.6 Å². The van der Waals surface area contributed by atoms with E-state index in [4.69, 9.17) is 5.73 Å². The van der Waals surface area contributed by atoms with Gasteiger partial charge in [0, 0.05) is 25.1 Å². The molecule has 3 N–H and O–H groups in total. The summed E-state index contributed by atoms with van der Waals surface area (Å²) < 4.78 is 1.99. The van der Waals surface area contributed by atoms with Crippen LogP contribution in [0.3, 0.4) is 0 Å². The first-order valence-corrected chi connectivity index (χ1v) is 6.17. The van der Waals surface area contributed by atoms with Gasteiger partial charge in [-0.1, -0.05) is 12.1 Å². The number of amides is 1. The summed E-state index contributed by atoms with van der Waals surface area (Å²) in [5.41, 5.74) is 7.07. The molecule has 2 aromatic rings. The molecule has 1 unspecified atom stereocenters. The van der Waals surface area contributed by atoms with Gasteiger partial charge in [0.15, 0.2) is 0 Å². The van der Waals surface area contributed by atoms with Crippen LogP contribution in [0.2, 0.25) is 0 Å². The average Bonchev–Trinajstić information content (AvgIpc) is 2.77. The number of aromatic nitrogens is 2. The Labute approximate surface area is 112 Å². The highest BCUT2D eigenvalue weighted by Crippen LogP contribution is 2.18. The van der Waals surface area contributed by atoms with Gasteiger partial charge >= 0.3 is 0 Å². The lowest BCUT2D eigenvalue weighted by atomic mass is 10.1. The van der Waals surface area contributed by atoms with Crippen molar-refractivity contribution in [2.45, 2.75) is 19.4 Å². The zero-order valence-corrected chi connectivity index (χ0v) is 11.1. The molecule has 0 fully saturated rings. The number of primary amides is 1. The number of benzene rings is 1. The first-order chi connectivity index (χ1) is 9.06. The molecule has 5 nitrogen and oxygen atoms in total. The predicted octanol–water partition coefficient (Wildman–Crippen LogP) is 1.62. The first kappa shape index (κ1) is 13.1. The SMILES string of the molecule is CC(Nc1ccc(CC(N)=O)cc1)c1nccn1C. The molecule has 1 aromatic carbocycles. The lowest BCUT2D eigenvalue weighted by molar-refractivity contribution is -0.117. The maximum Gasteiger partial charge on any atom is 0.221 e. The molecule has 0 saturated carbocycles. The van der Waals surface area contributed by atoms with Crippen molar-refractivity contribution in [2.75, 3.05) is 5.32 Å². The van der Waals surface area contributed by atoms with Gasteiger partial charge in [0.1, 0.15) is 5.82 Å². The number of carbonyl (C=O) groups is 1. The van der Waals surface area contributed by atoms with Crippen LogP contribution < -0.4 is 11.1 Å². The van der Waals surface area contributed by atoms with E-state index in [0.29, 0.717) is 0 Å². The molecule has 1 heterocycles. The summed E-state index contributed by atoms with van der Waals surface area (Å²) in [6.07, 6.45) is 3.97. The molecular formula is C14H18N4O. The van der Waals surface area contributed by atoms with E-state index in [2.05, 4.69) is 17.2 Å². The third-order valence-electron chi connectivity index (χ3n) is 2.96. The Morgan fingerprint density at radius 2 is 2.11 bits per heavy atom. The summed E-state index contributed by atoms with van der Waals surface area (Å²) in [5.74, 6) is 0.656. The molecule has 0 aliphatic heterocycles. The molecule has 0 aliphatic rings. The number of nitrogens with two attached hydrogens (primary N) is 1. The van der Waals surface area contributed by atoms with Crippen LogP contribution in [0.1, 0.15) is 24.4 Å². The summed E-state index contributed by atoms with van der Waals surface area (Å²) in [5, 5.41) is 3.37. The predicted molar refractivity (Wildman–Crippen MR) is 74.6 cm³/mol. The number of anilines is 1. The van der Waals surface area contributed by atoms with Crippen LogP contribution in [0.4, 0.5) is 5.69 Å². The van der Waals surface area contributed by atoms with E-state index in [1.165, 1.54) is 0 Å². The van der Waals surface area contributed by atoms with Crippen LogP contribution in [-0.4, -0.2) is 15.5 Å². The van der Waals surface area contributed by atoms with Crippen LogP contribution in [0, 0.1) is 0 Å². The van der Waals surface area contributed by atoms with Crippen molar-refractivity contribution in [1.82, 2.24) is 9.55 Å². The third kappa shape index (κ3) is 3.34. The number of hydrogen-bond acceptors (Lipinski definition) is 3. The number of rotatable bonds is 5. The van der Waals surface area contributed by atoms with E-state index < -0.39 is 0 Å². The lowest BCUT2D eigenvalue weighted by Crippen LogP contribution is -2.14. The quantitative estimate of drug-likeness (QED) is 0.856. The number of aryl methyl sites for hydroxylation is 1. The van der Waals surface area contributed by atoms with E-state index in [-0.39, 0.29) is 18.4 Å². The second kappa shape index (κ2) is 5.56. The third-order valence-corrected chi connectivity index (χ3v) is 2.96. The molecule has 0 radical (unpaired) electrons. The van der Waals surface area contributed by atoms with Crippen molar-refractivity contribution in [1.29, 1.82) is 0 Å². The molecule has 1 aromatic heterocycles. The van der Waals surface area contributed by atoms with Crippen molar-refractivity contribution in [3.8, 4) is 0 Å². The van der Waals surface area contributed by atoms with Gasteiger partial charge in [0.2, 0.25) is 5.91 Å². The number of nitrogens with one attached hydrogen (secondary N) is 1. The highest BCUT2D eigenvalue weighted by molar-refractivity contribution is 5.76. The fourth-order valence-electron chi connectivity index (χ4n) is 2.03. The maximum atomic E-state index is 10.8. The Kier molecular flexibility index (Phi) is 3.85. The first-order valence-electron chi connectivity index (χ1n) is 6.17. The minimum atomic E-state index is -0.318. The van der Waals surface area contributed by atoms with Gasteiger partial charge in [-0.2, -0.15) is 0 Å². The van der Waals surface area contributed by atoms with Crippen LogP contribution >= 0.6 is 0 Å². The summed E-state index contributed by atoms with van der Waals surface area (Å²) in [6, 6.07) is 7.80. The number of hydrogen-bond donors (Lipinski definition) is 2. The van der Waals surface area contributed by atoms with Crippen LogP contribution in [0.15, 0.2) is 36.7 Å². The van der Waals surface area contributed by atoms with Gasteiger partial charge in [-0.15, -0.1) is 0 Å². The van der Waals surface area contributed by atoms with Crippen molar-refractivity contribution < 1.29 is 4.79 Å². The van der Waals surface area contributed by atoms with E-state index >= 15 is 0 Å². The Balaban J connectivity index is 2.03. The minimum absolute atomic E-state index is 0.113. The van der Waals surface area contributed by atoms with Gasteiger partial charge in [0.05, 0.1) is 12.5 Å². The second-order valence-corrected chi connectivity index (χ2v) is 4.60. The molecule has 2 rings (SSSR count). The highest BCUT2D eigenvalue weighted by atomic mass is 16.1. The highest BCUT2D eigenvalue weighted by Gasteiger charge is 2.09. The molecule has 19 heavy (non-hydrogen) atoms. The molecule has 0 aliphatic carbocycles.